The lowest BCUT2D eigenvalue weighted by molar-refractivity contribution is 0.0773. The third kappa shape index (κ3) is 4.92. The van der Waals surface area contributed by atoms with Crippen molar-refractivity contribution in [2.75, 3.05) is 32.4 Å². The zero-order valence-corrected chi connectivity index (χ0v) is 20.7. The van der Waals surface area contributed by atoms with E-state index >= 15 is 0 Å². The number of amides is 1. The van der Waals surface area contributed by atoms with Crippen LogP contribution in [0.25, 0.3) is 5.57 Å². The lowest BCUT2D eigenvalue weighted by Crippen LogP contribution is -2.30. The van der Waals surface area contributed by atoms with E-state index in [9.17, 15) is 13.2 Å². The first kappa shape index (κ1) is 23.7. The Morgan fingerprint density at radius 3 is 2.42 bits per heavy atom. The summed E-state index contributed by atoms with van der Waals surface area (Å²) in [4.78, 5) is 14.9. The molecule has 1 spiro atoms. The molecule has 1 heterocycles. The van der Waals surface area contributed by atoms with Crippen LogP contribution in [0.2, 0.25) is 0 Å². The zero-order valence-electron chi connectivity index (χ0n) is 19.9. The minimum Gasteiger partial charge on any atom is -0.339 e. The molecular weight excluding hydrogens is 432 g/mol. The zero-order chi connectivity index (χ0) is 23.6. The second-order valence-corrected chi connectivity index (χ2v) is 11.4. The van der Waals surface area contributed by atoms with Crippen LogP contribution in [0.15, 0.2) is 53.4 Å². The minimum atomic E-state index is -3.30. The number of fused-ring (bicyclic) bond motifs is 1. The van der Waals surface area contributed by atoms with Gasteiger partial charge in [0.25, 0.3) is 5.91 Å². The maximum atomic E-state index is 12.8. The number of nitrogens with one attached hydrogen (secondary N) is 1. The van der Waals surface area contributed by atoms with Crippen LogP contribution in [0.1, 0.15) is 60.2 Å². The van der Waals surface area contributed by atoms with E-state index in [0.717, 1.165) is 55.5 Å². The van der Waals surface area contributed by atoms with Gasteiger partial charge < -0.3 is 10.2 Å². The molecule has 5 nitrogen and oxygen atoms in total. The van der Waals surface area contributed by atoms with Gasteiger partial charge in [0.1, 0.15) is 0 Å². The summed E-state index contributed by atoms with van der Waals surface area (Å²) in [5, 5.41) is 3.52. The van der Waals surface area contributed by atoms with Crippen LogP contribution in [-0.2, 0) is 16.3 Å². The first-order chi connectivity index (χ1) is 15.8. The molecule has 1 amide bonds. The number of hydrogen-bond acceptors (Lipinski definition) is 4. The fraction of sp³-hybridized carbons (Fsp3) is 0.444. The van der Waals surface area contributed by atoms with Crippen LogP contribution in [-0.4, -0.2) is 51.7 Å². The first-order valence-corrected chi connectivity index (χ1v) is 13.8. The maximum Gasteiger partial charge on any atom is 0.253 e. The second kappa shape index (κ2) is 9.43. The predicted octanol–water partition coefficient (Wildman–Crippen LogP) is 4.32. The molecule has 176 valence electrons. The van der Waals surface area contributed by atoms with E-state index in [0.29, 0.717) is 23.5 Å². The molecule has 1 fully saturated rings. The van der Waals surface area contributed by atoms with E-state index in [1.807, 2.05) is 55.1 Å². The standard InChI is InChI=1S/C27H34N2O3S/c1-4-29(5-2)26(30)21-9-7-20(8-10-21)25-19-27(13-6-15-28-16-14-27)18-22-11-12-23(17-24(22)25)33(3,31)32/h7-12,17,19,28H,4-6,13-16,18H2,1-3H3. The molecule has 2 aromatic rings. The average molecular weight is 467 g/mol. The molecule has 1 saturated heterocycles. The van der Waals surface area contributed by atoms with E-state index in [1.54, 1.807) is 6.07 Å². The number of carbonyl (C=O) groups is 1. The lowest BCUT2D eigenvalue weighted by atomic mass is 9.68. The van der Waals surface area contributed by atoms with Crippen molar-refractivity contribution in [3.05, 3.63) is 70.8 Å². The number of sulfone groups is 1. The number of nitrogens with zero attached hydrogens (tertiary/aromatic N) is 1. The van der Waals surface area contributed by atoms with Crippen LogP contribution < -0.4 is 5.32 Å². The summed E-state index contributed by atoms with van der Waals surface area (Å²) in [6.07, 6.45) is 7.86. The topological polar surface area (TPSA) is 66.5 Å². The highest BCUT2D eigenvalue weighted by atomic mass is 32.2. The summed E-state index contributed by atoms with van der Waals surface area (Å²) in [7, 11) is -3.30. The van der Waals surface area contributed by atoms with Gasteiger partial charge in [-0.15, -0.1) is 0 Å². The van der Waals surface area contributed by atoms with Crippen LogP contribution in [0.4, 0.5) is 0 Å². The van der Waals surface area contributed by atoms with Crippen LogP contribution in [0.5, 0.6) is 0 Å². The molecule has 1 aliphatic heterocycles. The van der Waals surface area contributed by atoms with Crippen molar-refractivity contribution < 1.29 is 13.2 Å². The number of hydrogen-bond donors (Lipinski definition) is 1. The largest absolute Gasteiger partial charge is 0.339 e. The number of rotatable bonds is 5. The molecule has 1 unspecified atom stereocenters. The summed E-state index contributed by atoms with van der Waals surface area (Å²) in [5.74, 6) is 0.0373. The molecule has 1 N–H and O–H groups in total. The molecule has 0 radical (unpaired) electrons. The van der Waals surface area contributed by atoms with Gasteiger partial charge in [-0.3, -0.25) is 4.79 Å². The van der Waals surface area contributed by atoms with Crippen molar-refractivity contribution in [2.24, 2.45) is 5.41 Å². The van der Waals surface area contributed by atoms with E-state index in [4.69, 9.17) is 0 Å². The van der Waals surface area contributed by atoms with Gasteiger partial charge >= 0.3 is 0 Å². The molecule has 33 heavy (non-hydrogen) atoms. The third-order valence-electron chi connectivity index (χ3n) is 7.11. The highest BCUT2D eigenvalue weighted by Crippen LogP contribution is 2.45. The summed E-state index contributed by atoms with van der Waals surface area (Å²) in [6, 6.07) is 13.4. The molecule has 0 saturated carbocycles. The molecule has 1 atom stereocenters. The fourth-order valence-electron chi connectivity index (χ4n) is 5.20. The Hall–Kier alpha value is -2.44. The number of benzene rings is 2. The van der Waals surface area contributed by atoms with Gasteiger partial charge in [0.2, 0.25) is 0 Å². The monoisotopic (exact) mass is 466 g/mol. The van der Waals surface area contributed by atoms with E-state index in [-0.39, 0.29) is 11.3 Å². The highest BCUT2D eigenvalue weighted by Gasteiger charge is 2.35. The summed E-state index contributed by atoms with van der Waals surface area (Å²) >= 11 is 0. The van der Waals surface area contributed by atoms with Gasteiger partial charge in [-0.1, -0.05) is 24.3 Å². The van der Waals surface area contributed by atoms with Gasteiger partial charge in [-0.2, -0.15) is 0 Å². The van der Waals surface area contributed by atoms with Crippen molar-refractivity contribution in [3.63, 3.8) is 0 Å². The van der Waals surface area contributed by atoms with Crippen LogP contribution in [0.3, 0.4) is 0 Å². The Bertz CT molecular complexity index is 1150. The Morgan fingerprint density at radius 1 is 1.03 bits per heavy atom. The van der Waals surface area contributed by atoms with Gasteiger partial charge in [-0.25, -0.2) is 8.42 Å². The van der Waals surface area contributed by atoms with Crippen molar-refractivity contribution in [1.82, 2.24) is 10.2 Å². The van der Waals surface area contributed by atoms with Gasteiger partial charge in [0.05, 0.1) is 4.90 Å². The number of carbonyl (C=O) groups excluding carboxylic acids is 1. The van der Waals surface area contributed by atoms with E-state index in [2.05, 4.69) is 11.4 Å². The Labute approximate surface area is 197 Å². The maximum absolute atomic E-state index is 12.8. The SMILES string of the molecule is CCN(CC)C(=O)c1ccc(C2=CC3(CCCNCC3)Cc3ccc(S(C)(=O)=O)cc32)cc1. The van der Waals surface area contributed by atoms with Crippen LogP contribution >= 0.6 is 0 Å². The molecule has 4 rings (SSSR count). The minimum absolute atomic E-state index is 0.0373. The molecular formula is C27H34N2O3S. The Morgan fingerprint density at radius 2 is 1.76 bits per heavy atom. The average Bonchev–Trinajstić information content (AvgIpc) is 3.03. The molecule has 1 aliphatic carbocycles. The predicted molar refractivity (Wildman–Crippen MR) is 133 cm³/mol. The quantitative estimate of drug-likeness (QED) is 0.713. The summed E-state index contributed by atoms with van der Waals surface area (Å²) in [6.45, 7) is 7.35. The van der Waals surface area contributed by atoms with Crippen molar-refractivity contribution in [2.45, 2.75) is 44.4 Å². The molecule has 2 aliphatic rings. The summed E-state index contributed by atoms with van der Waals surface area (Å²) in [5.41, 5.74) is 5.03. The number of allylic oxidation sites excluding steroid dienone is 1. The smallest absolute Gasteiger partial charge is 0.253 e. The lowest BCUT2D eigenvalue weighted by Gasteiger charge is -2.36. The van der Waals surface area contributed by atoms with E-state index < -0.39 is 9.84 Å². The molecule has 0 bridgehead atoms. The summed E-state index contributed by atoms with van der Waals surface area (Å²) < 4.78 is 24.5. The Balaban J connectivity index is 1.80. The van der Waals surface area contributed by atoms with Crippen molar-refractivity contribution in [1.29, 1.82) is 0 Å². The van der Waals surface area contributed by atoms with Crippen molar-refractivity contribution >= 4 is 21.3 Å². The van der Waals surface area contributed by atoms with E-state index in [1.165, 1.54) is 11.8 Å². The van der Waals surface area contributed by atoms with Crippen molar-refractivity contribution in [3.8, 4) is 0 Å². The van der Waals surface area contributed by atoms with Gasteiger partial charge in [0, 0.05) is 24.9 Å². The van der Waals surface area contributed by atoms with Crippen LogP contribution in [0, 0.1) is 5.41 Å². The molecule has 0 aromatic heterocycles. The second-order valence-electron chi connectivity index (χ2n) is 9.35. The normalized spacial score (nSPS) is 20.6. The molecule has 6 heteroatoms. The van der Waals surface area contributed by atoms with Gasteiger partial charge in [0.15, 0.2) is 9.84 Å². The molecule has 2 aromatic carbocycles. The fourth-order valence-corrected chi connectivity index (χ4v) is 5.85. The Kier molecular flexibility index (Phi) is 6.78. The van der Waals surface area contributed by atoms with Gasteiger partial charge in [-0.05, 0) is 105 Å². The third-order valence-corrected chi connectivity index (χ3v) is 8.22. The first-order valence-electron chi connectivity index (χ1n) is 11.9. The highest BCUT2D eigenvalue weighted by molar-refractivity contribution is 7.90.